The van der Waals surface area contributed by atoms with Crippen LogP contribution in [0.25, 0.3) is 88.7 Å². The van der Waals surface area contributed by atoms with Gasteiger partial charge in [-0.1, -0.05) is 146 Å². The van der Waals surface area contributed by atoms with Crippen molar-refractivity contribution in [3.05, 3.63) is 193 Å². The molecule has 0 aliphatic carbocycles. The van der Waals surface area contributed by atoms with Crippen LogP contribution in [-0.4, -0.2) is 19.1 Å². The van der Waals surface area contributed by atoms with Crippen molar-refractivity contribution in [1.82, 2.24) is 24.1 Å². The van der Waals surface area contributed by atoms with Crippen LogP contribution in [0.15, 0.2) is 176 Å². The van der Waals surface area contributed by atoms with Gasteiger partial charge in [-0.05, 0) is 69.2 Å². The van der Waals surface area contributed by atoms with Gasteiger partial charge in [0.25, 0.3) is 0 Å². The molecule has 4 heterocycles. The number of para-hydroxylation sites is 4. The quantitative estimate of drug-likeness (QED) is 0.156. The van der Waals surface area contributed by atoms with E-state index in [4.69, 9.17) is 15.0 Å². The van der Waals surface area contributed by atoms with Crippen LogP contribution in [0.2, 0.25) is 0 Å². The van der Waals surface area contributed by atoms with Crippen LogP contribution in [0.4, 0.5) is 0 Å². The summed E-state index contributed by atoms with van der Waals surface area (Å²) in [6.45, 7) is 4.59. The third-order valence-corrected chi connectivity index (χ3v) is 11.5. The molecule has 0 bridgehead atoms. The standard InChI is InChI=1S/C51H35N5.Pt/c1-51(2,34-15-5-3-6-16-34)35-27-29-44-42(32-35)39-28-26-33(31-46(39)56(44)47-25-11-12-30-52-47)37-20-14-24-45-49(37)54-50(55(45)36-17-7-4-8-18-36)41-22-13-21-40-38-19-9-10-23-43(38)53-48(40)41;/h3-30,32H,1-2H3;/q-2;+2. The van der Waals surface area contributed by atoms with Crippen LogP contribution in [0.1, 0.15) is 25.0 Å². The van der Waals surface area contributed by atoms with E-state index in [0.717, 1.165) is 83.3 Å². The van der Waals surface area contributed by atoms with E-state index in [-0.39, 0.29) is 26.5 Å². The maximum Gasteiger partial charge on any atom is 2.00 e. The summed E-state index contributed by atoms with van der Waals surface area (Å²) in [7, 11) is 0. The summed E-state index contributed by atoms with van der Waals surface area (Å²) in [6, 6.07) is 63.7. The number of nitrogens with zero attached hydrogens (tertiary/aromatic N) is 5. The van der Waals surface area contributed by atoms with Gasteiger partial charge in [0.2, 0.25) is 0 Å². The maximum atomic E-state index is 5.51. The molecular formula is C51H35N5Pt. The van der Waals surface area contributed by atoms with Crippen LogP contribution in [0, 0.1) is 6.07 Å². The summed E-state index contributed by atoms with van der Waals surface area (Å²) < 4.78 is 4.51. The molecule has 0 aliphatic heterocycles. The Balaban J connectivity index is 0.00000396. The van der Waals surface area contributed by atoms with E-state index in [2.05, 4.69) is 181 Å². The van der Waals surface area contributed by atoms with Crippen LogP contribution in [0.5, 0.6) is 0 Å². The second kappa shape index (κ2) is 13.6. The second-order valence-corrected chi connectivity index (χ2v) is 15.0. The van der Waals surface area contributed by atoms with Gasteiger partial charge in [0.15, 0.2) is 0 Å². The molecule has 0 spiro atoms. The molecule has 0 atom stereocenters. The fraction of sp³-hybridized carbons (Fsp3) is 0.0588. The molecule has 5 nitrogen and oxygen atoms in total. The molecule has 0 fully saturated rings. The van der Waals surface area contributed by atoms with Crippen molar-refractivity contribution in [2.45, 2.75) is 19.3 Å². The first-order chi connectivity index (χ1) is 27.5. The number of aromatic nitrogens is 5. The number of imidazole rings is 1. The summed E-state index contributed by atoms with van der Waals surface area (Å²) in [4.78, 5) is 15.5. The molecule has 0 amide bonds. The Morgan fingerprint density at radius 2 is 1.30 bits per heavy atom. The fourth-order valence-electron chi connectivity index (χ4n) is 8.55. The van der Waals surface area contributed by atoms with Gasteiger partial charge in [-0.15, -0.1) is 34.8 Å². The average Bonchev–Trinajstić information content (AvgIpc) is 3.94. The van der Waals surface area contributed by atoms with E-state index >= 15 is 0 Å². The van der Waals surface area contributed by atoms with Gasteiger partial charge >= 0.3 is 21.1 Å². The SMILES string of the molecule is CC(C)(c1ccccc1)c1ccc2c(c1)c1ccc(-c3cccc4c3nc(-c3cccc5c3[n-]c3ccccc35)n4-c3ccccc3)[c-]c1n2-c1ccccn1.[Pt+2]. The largest absolute Gasteiger partial charge is 2.00 e. The van der Waals surface area contributed by atoms with E-state index in [1.807, 2.05) is 24.4 Å². The van der Waals surface area contributed by atoms with E-state index in [9.17, 15) is 0 Å². The Hall–Kier alpha value is -6.55. The van der Waals surface area contributed by atoms with Crippen molar-refractivity contribution in [3.63, 3.8) is 0 Å². The zero-order valence-corrected chi connectivity index (χ0v) is 33.6. The number of hydrogen-bond donors (Lipinski definition) is 0. The zero-order chi connectivity index (χ0) is 37.4. The Labute approximate surface area is 344 Å². The second-order valence-electron chi connectivity index (χ2n) is 15.0. The first kappa shape index (κ1) is 34.9. The number of rotatable bonds is 6. The predicted molar refractivity (Wildman–Crippen MR) is 230 cm³/mol. The van der Waals surface area contributed by atoms with E-state index in [1.165, 1.54) is 16.5 Å². The third kappa shape index (κ3) is 5.49. The molecule has 0 saturated heterocycles. The third-order valence-electron chi connectivity index (χ3n) is 11.5. The Kier molecular flexibility index (Phi) is 8.32. The first-order valence-electron chi connectivity index (χ1n) is 19.0. The predicted octanol–water partition coefficient (Wildman–Crippen LogP) is 12.2. The maximum absolute atomic E-state index is 5.51. The molecule has 7 aromatic carbocycles. The molecule has 6 heteroatoms. The van der Waals surface area contributed by atoms with Gasteiger partial charge in [-0.2, -0.15) is 0 Å². The summed E-state index contributed by atoms with van der Waals surface area (Å²) in [6.07, 6.45) is 1.85. The molecule has 0 N–H and O–H groups in total. The summed E-state index contributed by atoms with van der Waals surface area (Å²) in [5.74, 6) is 1.71. The van der Waals surface area contributed by atoms with E-state index < -0.39 is 0 Å². The van der Waals surface area contributed by atoms with Gasteiger partial charge < -0.3 is 9.55 Å². The summed E-state index contributed by atoms with van der Waals surface area (Å²) in [5, 5.41) is 4.58. The summed E-state index contributed by atoms with van der Waals surface area (Å²) in [5.41, 5.74) is 12.3. The first-order valence-corrected chi connectivity index (χ1v) is 19.0. The van der Waals surface area contributed by atoms with Gasteiger partial charge in [-0.25, -0.2) is 9.97 Å². The van der Waals surface area contributed by atoms with E-state index in [1.54, 1.807) is 0 Å². The van der Waals surface area contributed by atoms with Crippen LogP contribution < -0.4 is 4.98 Å². The molecule has 57 heavy (non-hydrogen) atoms. The Morgan fingerprint density at radius 3 is 2.12 bits per heavy atom. The minimum Gasteiger partial charge on any atom is -0.656 e. The molecule has 4 aromatic heterocycles. The molecule has 11 aromatic rings. The monoisotopic (exact) mass is 912 g/mol. The van der Waals surface area contributed by atoms with Gasteiger partial charge in [0.1, 0.15) is 11.6 Å². The van der Waals surface area contributed by atoms with Crippen molar-refractivity contribution in [2.75, 3.05) is 0 Å². The van der Waals surface area contributed by atoms with Crippen molar-refractivity contribution in [2.24, 2.45) is 0 Å². The van der Waals surface area contributed by atoms with Crippen LogP contribution in [-0.2, 0) is 26.5 Å². The molecule has 0 radical (unpaired) electrons. The van der Waals surface area contributed by atoms with Crippen molar-refractivity contribution < 1.29 is 21.1 Å². The fourth-order valence-corrected chi connectivity index (χ4v) is 8.55. The van der Waals surface area contributed by atoms with Gasteiger partial charge in [-0.3, -0.25) is 4.57 Å². The van der Waals surface area contributed by atoms with Crippen molar-refractivity contribution in [1.29, 1.82) is 0 Å². The van der Waals surface area contributed by atoms with Gasteiger partial charge in [0.05, 0.1) is 11.0 Å². The number of hydrogen-bond acceptors (Lipinski definition) is 2. The molecule has 11 rings (SSSR count). The smallest absolute Gasteiger partial charge is 0.656 e. The van der Waals surface area contributed by atoms with Crippen molar-refractivity contribution in [3.8, 4) is 34.0 Å². The normalized spacial score (nSPS) is 11.9. The molecular weight excluding hydrogens is 878 g/mol. The Bertz CT molecular complexity index is 3270. The molecule has 0 unspecified atom stereocenters. The number of pyridine rings is 1. The summed E-state index contributed by atoms with van der Waals surface area (Å²) >= 11 is 0. The van der Waals surface area contributed by atoms with Gasteiger partial charge in [0, 0.05) is 28.4 Å². The van der Waals surface area contributed by atoms with Crippen molar-refractivity contribution >= 4 is 54.6 Å². The zero-order valence-electron chi connectivity index (χ0n) is 31.3. The topological polar surface area (TPSA) is 49.7 Å². The van der Waals surface area contributed by atoms with Crippen LogP contribution >= 0.6 is 0 Å². The van der Waals surface area contributed by atoms with E-state index in [0.29, 0.717) is 0 Å². The average molecular weight is 913 g/mol. The molecule has 0 saturated carbocycles. The molecule has 274 valence electrons. The number of fused-ring (bicyclic) bond motifs is 7. The van der Waals surface area contributed by atoms with Crippen LogP contribution in [0.3, 0.4) is 0 Å². The Morgan fingerprint density at radius 1 is 0.561 bits per heavy atom. The minimum absolute atomic E-state index is 0. The number of benzene rings is 7. The molecule has 0 aliphatic rings. The minimum atomic E-state index is -0.182.